The average molecular weight is 193 g/mol. The number of nitrogens with zero attached hydrogens (tertiary/aromatic N) is 2. The molecule has 1 saturated heterocycles. The summed E-state index contributed by atoms with van der Waals surface area (Å²) in [6.45, 7) is 5.76. The summed E-state index contributed by atoms with van der Waals surface area (Å²) in [6.07, 6.45) is 7.61. The van der Waals surface area contributed by atoms with Gasteiger partial charge in [-0.05, 0) is 31.8 Å². The molecule has 14 heavy (non-hydrogen) atoms. The summed E-state index contributed by atoms with van der Waals surface area (Å²) in [5, 5.41) is 3.31. The molecule has 0 unspecified atom stereocenters. The van der Waals surface area contributed by atoms with Crippen LogP contribution in [0.5, 0.6) is 0 Å². The first-order valence-electron chi connectivity index (χ1n) is 5.61. The zero-order valence-electron chi connectivity index (χ0n) is 8.87. The van der Waals surface area contributed by atoms with Crippen molar-refractivity contribution in [3.8, 4) is 0 Å². The van der Waals surface area contributed by atoms with Crippen LogP contribution in [0.2, 0.25) is 0 Å². The molecule has 3 heteroatoms. The molecule has 0 bridgehead atoms. The zero-order valence-corrected chi connectivity index (χ0v) is 8.87. The lowest BCUT2D eigenvalue weighted by Gasteiger charge is -2.27. The quantitative estimate of drug-likeness (QED) is 0.767. The van der Waals surface area contributed by atoms with E-state index in [1.54, 1.807) is 0 Å². The molecule has 0 radical (unpaired) electrons. The molecule has 0 atom stereocenters. The van der Waals surface area contributed by atoms with Crippen LogP contribution in [0.15, 0.2) is 12.4 Å². The molecule has 1 N–H and O–H groups in total. The molecule has 0 spiro atoms. The van der Waals surface area contributed by atoms with E-state index in [0.29, 0.717) is 0 Å². The average Bonchev–Trinajstić information content (AvgIpc) is 2.51. The fraction of sp³-hybridized carbons (Fsp3) is 0.727. The molecule has 1 aliphatic heterocycles. The van der Waals surface area contributed by atoms with Gasteiger partial charge >= 0.3 is 0 Å². The molecule has 0 aliphatic carbocycles. The Labute approximate surface area is 85.5 Å². The first-order chi connectivity index (χ1) is 6.90. The Morgan fingerprint density at radius 1 is 1.57 bits per heavy atom. The minimum atomic E-state index is 0.895. The largest absolute Gasteiger partial charge is 0.335 e. The van der Waals surface area contributed by atoms with Crippen molar-refractivity contribution >= 4 is 0 Å². The summed E-state index contributed by atoms with van der Waals surface area (Å²) >= 11 is 0. The zero-order chi connectivity index (χ0) is 9.80. The Balaban J connectivity index is 1.84. The third kappa shape index (κ3) is 2.15. The van der Waals surface area contributed by atoms with Gasteiger partial charge in [0.25, 0.3) is 0 Å². The van der Waals surface area contributed by atoms with Crippen LogP contribution >= 0.6 is 0 Å². The summed E-state index contributed by atoms with van der Waals surface area (Å²) in [5.74, 6) is 2.15. The van der Waals surface area contributed by atoms with Crippen LogP contribution in [0.25, 0.3) is 0 Å². The van der Waals surface area contributed by atoms with Crippen LogP contribution in [-0.4, -0.2) is 22.6 Å². The maximum absolute atomic E-state index is 4.38. The lowest BCUT2D eigenvalue weighted by molar-refractivity contribution is 0.310. The van der Waals surface area contributed by atoms with Gasteiger partial charge in [-0.25, -0.2) is 4.98 Å². The highest BCUT2D eigenvalue weighted by Gasteiger charge is 2.16. The van der Waals surface area contributed by atoms with Gasteiger partial charge in [-0.2, -0.15) is 0 Å². The van der Waals surface area contributed by atoms with Gasteiger partial charge in [0.1, 0.15) is 5.82 Å². The second kappa shape index (κ2) is 4.60. The van der Waals surface area contributed by atoms with Crippen molar-refractivity contribution in [2.75, 3.05) is 13.1 Å². The topological polar surface area (TPSA) is 29.9 Å². The van der Waals surface area contributed by atoms with Crippen molar-refractivity contribution < 1.29 is 0 Å². The van der Waals surface area contributed by atoms with Crippen LogP contribution in [0.4, 0.5) is 0 Å². The van der Waals surface area contributed by atoms with E-state index in [4.69, 9.17) is 0 Å². The van der Waals surface area contributed by atoms with Crippen LogP contribution in [0, 0.1) is 5.92 Å². The molecule has 0 saturated carbocycles. The summed E-state index contributed by atoms with van der Waals surface area (Å²) in [7, 11) is 0. The molecular weight excluding hydrogens is 174 g/mol. The van der Waals surface area contributed by atoms with E-state index >= 15 is 0 Å². The molecule has 78 valence electrons. The Morgan fingerprint density at radius 3 is 3.07 bits per heavy atom. The number of hydrogen-bond donors (Lipinski definition) is 1. The van der Waals surface area contributed by atoms with Crippen LogP contribution in [0.3, 0.4) is 0 Å². The van der Waals surface area contributed by atoms with Gasteiger partial charge in [-0.3, -0.25) is 0 Å². The van der Waals surface area contributed by atoms with Gasteiger partial charge in [-0.1, -0.05) is 6.92 Å². The molecule has 3 nitrogen and oxygen atoms in total. The van der Waals surface area contributed by atoms with Crippen LogP contribution in [-0.2, 0) is 13.0 Å². The molecule has 2 rings (SSSR count). The predicted molar refractivity (Wildman–Crippen MR) is 57.2 cm³/mol. The van der Waals surface area contributed by atoms with E-state index in [1.165, 1.54) is 31.8 Å². The lowest BCUT2D eigenvalue weighted by Crippen LogP contribution is -2.42. The molecule has 0 amide bonds. The standard InChI is InChI=1S/C11H19N3/c1-2-3-11-13-5-7-14(11)6-4-10-8-12-9-10/h5,7,10,12H,2-4,6,8-9H2,1H3. The second-order valence-corrected chi connectivity index (χ2v) is 4.10. The molecule has 1 aliphatic rings. The van der Waals surface area contributed by atoms with Crippen molar-refractivity contribution in [1.29, 1.82) is 0 Å². The first-order valence-corrected chi connectivity index (χ1v) is 5.61. The number of hydrogen-bond acceptors (Lipinski definition) is 2. The van der Waals surface area contributed by atoms with Gasteiger partial charge in [0.15, 0.2) is 0 Å². The van der Waals surface area contributed by atoms with Crippen molar-refractivity contribution in [2.24, 2.45) is 5.92 Å². The van der Waals surface area contributed by atoms with E-state index in [9.17, 15) is 0 Å². The lowest BCUT2D eigenvalue weighted by atomic mass is 9.99. The van der Waals surface area contributed by atoms with Crippen molar-refractivity contribution in [3.63, 3.8) is 0 Å². The van der Waals surface area contributed by atoms with Crippen molar-refractivity contribution in [2.45, 2.75) is 32.7 Å². The number of nitrogens with one attached hydrogen (secondary N) is 1. The van der Waals surface area contributed by atoms with E-state index in [0.717, 1.165) is 18.9 Å². The Kier molecular flexibility index (Phi) is 3.19. The van der Waals surface area contributed by atoms with Crippen LogP contribution in [0.1, 0.15) is 25.6 Å². The van der Waals surface area contributed by atoms with E-state index in [-0.39, 0.29) is 0 Å². The van der Waals surface area contributed by atoms with Gasteiger partial charge in [0.05, 0.1) is 0 Å². The molecular formula is C11H19N3. The third-order valence-electron chi connectivity index (χ3n) is 2.92. The summed E-state index contributed by atoms with van der Waals surface area (Å²) in [5.41, 5.74) is 0. The normalized spacial score (nSPS) is 16.9. The number of imidazole rings is 1. The Bertz CT molecular complexity index is 276. The molecule has 2 heterocycles. The summed E-state index contributed by atoms with van der Waals surface area (Å²) in [4.78, 5) is 4.38. The SMILES string of the molecule is CCCc1nccn1CCC1CNC1. The minimum absolute atomic E-state index is 0.895. The fourth-order valence-corrected chi connectivity index (χ4v) is 1.87. The first kappa shape index (κ1) is 9.71. The summed E-state index contributed by atoms with van der Waals surface area (Å²) in [6, 6.07) is 0. The third-order valence-corrected chi connectivity index (χ3v) is 2.92. The molecule has 1 aromatic rings. The van der Waals surface area contributed by atoms with Gasteiger partial charge < -0.3 is 9.88 Å². The highest BCUT2D eigenvalue weighted by Crippen LogP contribution is 2.11. The Hall–Kier alpha value is -0.830. The molecule has 1 fully saturated rings. The maximum Gasteiger partial charge on any atom is 0.108 e. The minimum Gasteiger partial charge on any atom is -0.335 e. The van der Waals surface area contributed by atoms with Gasteiger partial charge in [-0.15, -0.1) is 0 Å². The van der Waals surface area contributed by atoms with E-state index in [1.807, 2.05) is 6.20 Å². The molecule has 0 aromatic carbocycles. The Morgan fingerprint density at radius 2 is 2.43 bits per heavy atom. The summed E-state index contributed by atoms with van der Waals surface area (Å²) < 4.78 is 2.31. The van der Waals surface area contributed by atoms with Crippen LogP contribution < -0.4 is 5.32 Å². The highest BCUT2D eigenvalue weighted by molar-refractivity contribution is 4.92. The van der Waals surface area contributed by atoms with E-state index in [2.05, 4.69) is 28.0 Å². The van der Waals surface area contributed by atoms with Crippen molar-refractivity contribution in [1.82, 2.24) is 14.9 Å². The predicted octanol–water partition coefficient (Wildman–Crippen LogP) is 1.45. The second-order valence-electron chi connectivity index (χ2n) is 4.10. The number of aryl methyl sites for hydroxylation is 2. The fourth-order valence-electron chi connectivity index (χ4n) is 1.87. The number of rotatable bonds is 5. The molecule has 1 aromatic heterocycles. The highest BCUT2D eigenvalue weighted by atomic mass is 15.1. The monoisotopic (exact) mass is 193 g/mol. The van der Waals surface area contributed by atoms with E-state index < -0.39 is 0 Å². The van der Waals surface area contributed by atoms with Gasteiger partial charge in [0.2, 0.25) is 0 Å². The number of aromatic nitrogens is 2. The maximum atomic E-state index is 4.38. The van der Waals surface area contributed by atoms with Crippen molar-refractivity contribution in [3.05, 3.63) is 18.2 Å². The smallest absolute Gasteiger partial charge is 0.108 e. The van der Waals surface area contributed by atoms with Gasteiger partial charge in [0, 0.05) is 25.4 Å².